The molecular formula is C12H22O3. The molecule has 0 spiro atoms. The highest BCUT2D eigenvalue weighted by Gasteiger charge is 2.39. The van der Waals surface area contributed by atoms with Gasteiger partial charge in [0, 0.05) is 26.1 Å². The van der Waals surface area contributed by atoms with E-state index in [-0.39, 0.29) is 18.1 Å². The van der Waals surface area contributed by atoms with Crippen molar-refractivity contribution in [3.63, 3.8) is 0 Å². The van der Waals surface area contributed by atoms with Gasteiger partial charge in [-0.15, -0.1) is 0 Å². The van der Waals surface area contributed by atoms with Crippen LogP contribution in [0.5, 0.6) is 0 Å². The van der Waals surface area contributed by atoms with Gasteiger partial charge in [0.05, 0.1) is 12.2 Å². The summed E-state index contributed by atoms with van der Waals surface area (Å²) in [6, 6.07) is 0. The second-order valence-electron chi connectivity index (χ2n) is 4.74. The molecule has 0 N–H and O–H groups in total. The third-order valence-electron chi connectivity index (χ3n) is 3.50. The van der Waals surface area contributed by atoms with Crippen molar-refractivity contribution in [2.75, 3.05) is 14.2 Å². The lowest BCUT2D eigenvalue weighted by atomic mass is 9.73. The molecule has 0 bridgehead atoms. The van der Waals surface area contributed by atoms with E-state index in [4.69, 9.17) is 9.47 Å². The maximum absolute atomic E-state index is 10.8. The van der Waals surface area contributed by atoms with Crippen molar-refractivity contribution in [3.8, 4) is 0 Å². The summed E-state index contributed by atoms with van der Waals surface area (Å²) >= 11 is 0. The number of carbonyl (C=O) groups excluding carboxylic acids is 1. The molecule has 15 heavy (non-hydrogen) atoms. The second kappa shape index (κ2) is 5.61. The molecule has 0 saturated heterocycles. The predicted octanol–water partition coefficient (Wildman–Crippen LogP) is 1.90. The Kier molecular flexibility index (Phi) is 4.74. The first-order valence-corrected chi connectivity index (χ1v) is 5.64. The van der Waals surface area contributed by atoms with Crippen LogP contribution in [0.1, 0.15) is 26.7 Å². The molecule has 1 aliphatic carbocycles. The van der Waals surface area contributed by atoms with Crippen LogP contribution in [0.3, 0.4) is 0 Å². The maximum atomic E-state index is 10.8. The molecule has 2 unspecified atom stereocenters. The summed E-state index contributed by atoms with van der Waals surface area (Å²) in [5.74, 6) is 1.01. The number of hydrogen-bond acceptors (Lipinski definition) is 3. The van der Waals surface area contributed by atoms with E-state index in [2.05, 4.69) is 13.8 Å². The molecule has 0 aromatic carbocycles. The third kappa shape index (κ3) is 2.79. The first kappa shape index (κ1) is 12.7. The van der Waals surface area contributed by atoms with E-state index in [1.165, 1.54) is 0 Å². The van der Waals surface area contributed by atoms with Crippen LogP contribution >= 0.6 is 0 Å². The molecule has 0 radical (unpaired) electrons. The van der Waals surface area contributed by atoms with Crippen molar-refractivity contribution in [2.24, 2.45) is 17.8 Å². The molecule has 88 valence electrons. The van der Waals surface area contributed by atoms with E-state index in [1.807, 2.05) is 0 Å². The van der Waals surface area contributed by atoms with Crippen molar-refractivity contribution in [2.45, 2.75) is 38.9 Å². The Morgan fingerprint density at radius 1 is 1.13 bits per heavy atom. The summed E-state index contributed by atoms with van der Waals surface area (Å²) in [5.41, 5.74) is 0. The van der Waals surface area contributed by atoms with Gasteiger partial charge in [0.25, 0.3) is 0 Å². The normalized spacial score (nSPS) is 36.9. The van der Waals surface area contributed by atoms with Gasteiger partial charge in [0.1, 0.15) is 6.29 Å². The third-order valence-corrected chi connectivity index (χ3v) is 3.50. The zero-order valence-electron chi connectivity index (χ0n) is 10.1. The predicted molar refractivity (Wildman–Crippen MR) is 58.7 cm³/mol. The van der Waals surface area contributed by atoms with Crippen molar-refractivity contribution < 1.29 is 14.3 Å². The van der Waals surface area contributed by atoms with Crippen LogP contribution in [-0.4, -0.2) is 32.7 Å². The molecule has 1 aliphatic rings. The SMILES string of the molecule is COC1CC(C=O)CC(OC)C1C(C)C. The van der Waals surface area contributed by atoms with Gasteiger partial charge >= 0.3 is 0 Å². The monoisotopic (exact) mass is 214 g/mol. The van der Waals surface area contributed by atoms with Gasteiger partial charge < -0.3 is 14.3 Å². The Balaban J connectivity index is 2.77. The smallest absolute Gasteiger partial charge is 0.123 e. The van der Waals surface area contributed by atoms with Crippen LogP contribution in [-0.2, 0) is 14.3 Å². The Labute approximate surface area is 92.1 Å². The van der Waals surface area contributed by atoms with Crippen molar-refractivity contribution >= 4 is 6.29 Å². The van der Waals surface area contributed by atoms with Crippen molar-refractivity contribution in [3.05, 3.63) is 0 Å². The highest BCUT2D eigenvalue weighted by atomic mass is 16.5. The van der Waals surface area contributed by atoms with Crippen LogP contribution in [0.4, 0.5) is 0 Å². The van der Waals surface area contributed by atoms with E-state index in [9.17, 15) is 4.79 Å². The lowest BCUT2D eigenvalue weighted by Crippen LogP contribution is -2.45. The van der Waals surface area contributed by atoms with Crippen molar-refractivity contribution in [1.29, 1.82) is 0 Å². The molecule has 0 aromatic heterocycles. The van der Waals surface area contributed by atoms with Crippen LogP contribution in [0, 0.1) is 17.8 Å². The number of aldehydes is 1. The topological polar surface area (TPSA) is 35.5 Å². The van der Waals surface area contributed by atoms with Gasteiger partial charge in [0.2, 0.25) is 0 Å². The summed E-state index contributed by atoms with van der Waals surface area (Å²) < 4.78 is 11.0. The van der Waals surface area contributed by atoms with Gasteiger partial charge in [-0.3, -0.25) is 0 Å². The average molecular weight is 214 g/mol. The first-order valence-electron chi connectivity index (χ1n) is 5.64. The Morgan fingerprint density at radius 2 is 1.60 bits per heavy atom. The molecular weight excluding hydrogens is 192 g/mol. The Morgan fingerprint density at radius 3 is 1.87 bits per heavy atom. The summed E-state index contributed by atoms with van der Waals surface area (Å²) in [7, 11) is 3.44. The fourth-order valence-corrected chi connectivity index (χ4v) is 2.72. The van der Waals surface area contributed by atoms with Gasteiger partial charge in [-0.05, 0) is 18.8 Å². The first-order chi connectivity index (χ1) is 7.13. The van der Waals surface area contributed by atoms with Crippen molar-refractivity contribution in [1.82, 2.24) is 0 Å². The molecule has 1 fully saturated rings. The lowest BCUT2D eigenvalue weighted by molar-refractivity contribution is -0.125. The van der Waals surface area contributed by atoms with Crippen LogP contribution in [0.25, 0.3) is 0 Å². The molecule has 3 heteroatoms. The van der Waals surface area contributed by atoms with Gasteiger partial charge in [-0.1, -0.05) is 13.8 Å². The second-order valence-corrected chi connectivity index (χ2v) is 4.74. The standard InChI is InChI=1S/C12H22O3/c1-8(2)12-10(14-3)5-9(7-13)6-11(12)15-4/h7-12H,5-6H2,1-4H3. The Bertz CT molecular complexity index is 189. The molecule has 3 nitrogen and oxygen atoms in total. The molecule has 0 aliphatic heterocycles. The van der Waals surface area contributed by atoms with E-state index < -0.39 is 0 Å². The molecule has 0 aromatic rings. The number of rotatable bonds is 4. The van der Waals surface area contributed by atoms with Crippen LogP contribution in [0.15, 0.2) is 0 Å². The fourth-order valence-electron chi connectivity index (χ4n) is 2.72. The van der Waals surface area contributed by atoms with Crippen LogP contribution in [0.2, 0.25) is 0 Å². The lowest BCUT2D eigenvalue weighted by Gasteiger charge is -2.41. The van der Waals surface area contributed by atoms with E-state index in [1.54, 1.807) is 14.2 Å². The molecule has 2 atom stereocenters. The summed E-state index contributed by atoms with van der Waals surface area (Å²) in [6.07, 6.45) is 3.01. The Hall–Kier alpha value is -0.410. The van der Waals surface area contributed by atoms with Gasteiger partial charge in [-0.25, -0.2) is 0 Å². The minimum absolute atomic E-state index is 0.0925. The largest absolute Gasteiger partial charge is 0.381 e. The number of methoxy groups -OCH3 is 2. The van der Waals surface area contributed by atoms with E-state index >= 15 is 0 Å². The molecule has 0 heterocycles. The summed E-state index contributed by atoms with van der Waals surface area (Å²) in [6.45, 7) is 4.37. The molecule has 1 rings (SSSR count). The molecule has 0 amide bonds. The maximum Gasteiger partial charge on any atom is 0.123 e. The minimum Gasteiger partial charge on any atom is -0.381 e. The fraction of sp³-hybridized carbons (Fsp3) is 0.917. The number of carbonyl (C=O) groups is 1. The van der Waals surface area contributed by atoms with Crippen LogP contribution < -0.4 is 0 Å². The number of hydrogen-bond donors (Lipinski definition) is 0. The van der Waals surface area contributed by atoms with Gasteiger partial charge in [0.15, 0.2) is 0 Å². The van der Waals surface area contributed by atoms with Gasteiger partial charge in [-0.2, -0.15) is 0 Å². The van der Waals surface area contributed by atoms with E-state index in [0.29, 0.717) is 11.8 Å². The average Bonchev–Trinajstić information content (AvgIpc) is 2.26. The molecule has 1 saturated carbocycles. The van der Waals surface area contributed by atoms with E-state index in [0.717, 1.165) is 19.1 Å². The highest BCUT2D eigenvalue weighted by molar-refractivity contribution is 5.54. The zero-order valence-corrected chi connectivity index (χ0v) is 10.1. The quantitative estimate of drug-likeness (QED) is 0.670. The number of ether oxygens (including phenoxy) is 2. The minimum atomic E-state index is 0.0925. The summed E-state index contributed by atoms with van der Waals surface area (Å²) in [4.78, 5) is 10.8. The summed E-state index contributed by atoms with van der Waals surface area (Å²) in [5, 5.41) is 0. The highest BCUT2D eigenvalue weighted by Crippen LogP contribution is 2.36. The zero-order chi connectivity index (χ0) is 11.4.